The number of para-hydroxylation sites is 1. The Kier molecular flexibility index (Phi) is 3.56. The highest BCUT2D eigenvalue weighted by atomic mass is 16.2. The molecule has 1 fully saturated rings. The molecule has 2 unspecified atom stereocenters. The van der Waals surface area contributed by atoms with Gasteiger partial charge in [-0.15, -0.1) is 0 Å². The summed E-state index contributed by atoms with van der Waals surface area (Å²) in [7, 11) is 0. The minimum absolute atomic E-state index is 0.228. The van der Waals surface area contributed by atoms with Crippen LogP contribution in [0.2, 0.25) is 0 Å². The van der Waals surface area contributed by atoms with Gasteiger partial charge in [0, 0.05) is 31.2 Å². The molecule has 1 aromatic rings. The molecule has 1 N–H and O–H groups in total. The summed E-state index contributed by atoms with van der Waals surface area (Å²) in [5.74, 6) is 1.10. The molecule has 0 saturated heterocycles. The van der Waals surface area contributed by atoms with Crippen LogP contribution in [0.15, 0.2) is 24.3 Å². The van der Waals surface area contributed by atoms with Crippen molar-refractivity contribution in [3.8, 4) is 0 Å². The number of hydrogen-bond donors (Lipinski definition) is 1. The molecule has 0 spiro atoms. The molecule has 1 aliphatic carbocycles. The summed E-state index contributed by atoms with van der Waals surface area (Å²) < 4.78 is 0. The zero-order valence-corrected chi connectivity index (χ0v) is 11.6. The van der Waals surface area contributed by atoms with E-state index in [4.69, 9.17) is 0 Å². The van der Waals surface area contributed by atoms with Crippen molar-refractivity contribution in [2.24, 2.45) is 11.8 Å². The lowest BCUT2D eigenvalue weighted by Gasteiger charge is -2.27. The minimum atomic E-state index is 0.228. The van der Waals surface area contributed by atoms with Crippen LogP contribution in [0.25, 0.3) is 0 Å². The molecule has 1 heterocycles. The van der Waals surface area contributed by atoms with E-state index in [1.165, 1.54) is 18.4 Å². The maximum absolute atomic E-state index is 12.8. The second-order valence-electron chi connectivity index (χ2n) is 5.81. The Morgan fingerprint density at radius 2 is 2.16 bits per heavy atom. The summed E-state index contributed by atoms with van der Waals surface area (Å²) in [4.78, 5) is 14.8. The van der Waals surface area contributed by atoms with E-state index in [2.05, 4.69) is 24.4 Å². The van der Waals surface area contributed by atoms with Crippen LogP contribution >= 0.6 is 0 Å². The Hall–Kier alpha value is -1.35. The smallest absolute Gasteiger partial charge is 0.230 e. The number of benzene rings is 1. The van der Waals surface area contributed by atoms with Crippen molar-refractivity contribution in [1.82, 2.24) is 5.32 Å². The molecule has 2 aliphatic rings. The van der Waals surface area contributed by atoms with Gasteiger partial charge in [-0.2, -0.15) is 0 Å². The van der Waals surface area contributed by atoms with Crippen LogP contribution in [0.3, 0.4) is 0 Å². The molecule has 0 radical (unpaired) electrons. The lowest BCUT2D eigenvalue weighted by atomic mass is 9.96. The first-order chi connectivity index (χ1) is 9.27. The normalized spacial score (nSPS) is 26.9. The van der Waals surface area contributed by atoms with Crippen LogP contribution in [0.4, 0.5) is 5.69 Å². The third-order valence-electron chi connectivity index (χ3n) is 4.55. The molecule has 3 rings (SSSR count). The molecule has 0 aromatic heterocycles. The lowest BCUT2D eigenvalue weighted by Crippen LogP contribution is -2.39. The summed E-state index contributed by atoms with van der Waals surface area (Å²) in [5.41, 5.74) is 2.34. The maximum Gasteiger partial charge on any atom is 0.230 e. The number of hydrogen-bond acceptors (Lipinski definition) is 2. The maximum atomic E-state index is 12.8. The summed E-state index contributed by atoms with van der Waals surface area (Å²) in [6.45, 7) is 4.75. The highest BCUT2D eigenvalue weighted by molar-refractivity contribution is 5.96. The molecule has 3 heteroatoms. The SMILES string of the molecule is CC1CCCC1C(=O)N1CCNCc2ccccc21. The average molecular weight is 258 g/mol. The fourth-order valence-corrected chi connectivity index (χ4v) is 3.40. The number of rotatable bonds is 1. The standard InChI is InChI=1S/C16H22N2O/c1-12-5-4-7-14(12)16(19)18-10-9-17-11-13-6-2-3-8-15(13)18/h2-3,6,8,12,14,17H,4-5,7,9-11H2,1H3. The van der Waals surface area contributed by atoms with Gasteiger partial charge in [-0.1, -0.05) is 31.5 Å². The first-order valence-corrected chi connectivity index (χ1v) is 7.37. The van der Waals surface area contributed by atoms with Gasteiger partial charge in [-0.3, -0.25) is 4.79 Å². The van der Waals surface area contributed by atoms with E-state index >= 15 is 0 Å². The van der Waals surface area contributed by atoms with Crippen molar-refractivity contribution in [2.45, 2.75) is 32.7 Å². The Morgan fingerprint density at radius 3 is 2.95 bits per heavy atom. The molecule has 2 atom stereocenters. The van der Waals surface area contributed by atoms with Crippen LogP contribution < -0.4 is 10.2 Å². The second kappa shape index (κ2) is 5.33. The van der Waals surface area contributed by atoms with Gasteiger partial charge in [0.1, 0.15) is 0 Å². The summed E-state index contributed by atoms with van der Waals surface area (Å²) in [6.07, 6.45) is 3.46. The zero-order valence-electron chi connectivity index (χ0n) is 11.6. The third-order valence-corrected chi connectivity index (χ3v) is 4.55. The molecular weight excluding hydrogens is 236 g/mol. The quantitative estimate of drug-likeness (QED) is 0.839. The van der Waals surface area contributed by atoms with E-state index in [0.29, 0.717) is 11.8 Å². The molecule has 1 aliphatic heterocycles. The minimum Gasteiger partial charge on any atom is -0.311 e. The fourth-order valence-electron chi connectivity index (χ4n) is 3.40. The molecule has 1 saturated carbocycles. The molecule has 3 nitrogen and oxygen atoms in total. The van der Waals surface area contributed by atoms with E-state index in [1.54, 1.807) is 0 Å². The van der Waals surface area contributed by atoms with Crippen molar-refractivity contribution in [3.63, 3.8) is 0 Å². The Labute approximate surface area is 115 Å². The Morgan fingerprint density at radius 1 is 1.32 bits per heavy atom. The molecule has 102 valence electrons. The summed E-state index contributed by atoms with van der Waals surface area (Å²) >= 11 is 0. The number of nitrogens with zero attached hydrogens (tertiary/aromatic N) is 1. The zero-order chi connectivity index (χ0) is 13.2. The van der Waals surface area contributed by atoms with Crippen molar-refractivity contribution in [3.05, 3.63) is 29.8 Å². The van der Waals surface area contributed by atoms with E-state index in [9.17, 15) is 4.79 Å². The average Bonchev–Trinajstić information content (AvgIpc) is 2.74. The molecule has 1 amide bonds. The van der Waals surface area contributed by atoms with Crippen LogP contribution in [0.5, 0.6) is 0 Å². The van der Waals surface area contributed by atoms with E-state index in [0.717, 1.165) is 31.7 Å². The fraction of sp³-hybridized carbons (Fsp3) is 0.562. The van der Waals surface area contributed by atoms with Gasteiger partial charge in [-0.25, -0.2) is 0 Å². The van der Waals surface area contributed by atoms with Gasteiger partial charge in [0.15, 0.2) is 0 Å². The van der Waals surface area contributed by atoms with Gasteiger partial charge in [0.05, 0.1) is 0 Å². The third kappa shape index (κ3) is 2.39. The number of fused-ring (bicyclic) bond motifs is 1. The first kappa shape index (κ1) is 12.7. The first-order valence-electron chi connectivity index (χ1n) is 7.37. The summed E-state index contributed by atoms with van der Waals surface area (Å²) in [5, 5.41) is 3.40. The Balaban J connectivity index is 1.89. The molecule has 0 bridgehead atoms. The predicted octanol–water partition coefficient (Wildman–Crippen LogP) is 2.56. The lowest BCUT2D eigenvalue weighted by molar-refractivity contribution is -0.123. The van der Waals surface area contributed by atoms with Crippen LogP contribution in [-0.4, -0.2) is 19.0 Å². The number of carbonyl (C=O) groups excluding carboxylic acids is 1. The largest absolute Gasteiger partial charge is 0.311 e. The van der Waals surface area contributed by atoms with Crippen molar-refractivity contribution in [2.75, 3.05) is 18.0 Å². The second-order valence-corrected chi connectivity index (χ2v) is 5.81. The van der Waals surface area contributed by atoms with Crippen LogP contribution in [0.1, 0.15) is 31.7 Å². The van der Waals surface area contributed by atoms with Crippen LogP contribution in [0, 0.1) is 11.8 Å². The van der Waals surface area contributed by atoms with Gasteiger partial charge >= 0.3 is 0 Å². The van der Waals surface area contributed by atoms with Gasteiger partial charge < -0.3 is 10.2 Å². The van der Waals surface area contributed by atoms with Crippen molar-refractivity contribution < 1.29 is 4.79 Å². The van der Waals surface area contributed by atoms with E-state index in [1.807, 2.05) is 17.0 Å². The summed E-state index contributed by atoms with van der Waals surface area (Å²) in [6, 6.07) is 8.28. The molecule has 19 heavy (non-hydrogen) atoms. The van der Waals surface area contributed by atoms with Crippen LogP contribution in [-0.2, 0) is 11.3 Å². The predicted molar refractivity (Wildman–Crippen MR) is 77.0 cm³/mol. The van der Waals surface area contributed by atoms with Gasteiger partial charge in [0.25, 0.3) is 0 Å². The number of carbonyl (C=O) groups is 1. The number of amides is 1. The van der Waals surface area contributed by atoms with Crippen molar-refractivity contribution in [1.29, 1.82) is 0 Å². The molecule has 1 aromatic carbocycles. The number of anilines is 1. The molecular formula is C16H22N2O. The topological polar surface area (TPSA) is 32.3 Å². The highest BCUT2D eigenvalue weighted by Crippen LogP contribution is 2.34. The van der Waals surface area contributed by atoms with Gasteiger partial charge in [-0.05, 0) is 30.4 Å². The highest BCUT2D eigenvalue weighted by Gasteiger charge is 2.34. The number of nitrogens with one attached hydrogen (secondary N) is 1. The van der Waals surface area contributed by atoms with E-state index in [-0.39, 0.29) is 5.92 Å². The monoisotopic (exact) mass is 258 g/mol. The van der Waals surface area contributed by atoms with Crippen molar-refractivity contribution >= 4 is 11.6 Å². The van der Waals surface area contributed by atoms with E-state index < -0.39 is 0 Å². The van der Waals surface area contributed by atoms with Gasteiger partial charge in [0.2, 0.25) is 5.91 Å². The Bertz CT molecular complexity index is 472.